The highest BCUT2D eigenvalue weighted by Gasteiger charge is 2.32. The predicted octanol–water partition coefficient (Wildman–Crippen LogP) is 5.06. The zero-order chi connectivity index (χ0) is 27.0. The number of allylic oxidation sites excluding steroid dienone is 2. The Bertz CT molecular complexity index is 1190. The fraction of sp³-hybridized carbons (Fsp3) is 0.308. The monoisotopic (exact) mass is 537 g/mol. The molecule has 1 unspecified atom stereocenters. The van der Waals surface area contributed by atoms with Crippen LogP contribution in [0, 0.1) is 0 Å². The molecule has 0 radical (unpaired) electrons. The van der Waals surface area contributed by atoms with Crippen molar-refractivity contribution in [3.8, 4) is 5.75 Å². The van der Waals surface area contributed by atoms with Crippen LogP contribution in [-0.2, 0) is 25.6 Å². The van der Waals surface area contributed by atoms with Crippen molar-refractivity contribution in [2.45, 2.75) is 31.8 Å². The van der Waals surface area contributed by atoms with Crippen LogP contribution in [0.1, 0.15) is 29.3 Å². The van der Waals surface area contributed by atoms with E-state index in [1.807, 2.05) is 23.6 Å². The minimum absolute atomic E-state index is 0.0395. The first-order chi connectivity index (χ1) is 17.6. The lowest BCUT2D eigenvalue weighted by molar-refractivity contribution is -0.274. The number of thiophene rings is 1. The number of halogens is 3. The molecule has 0 amide bonds. The van der Waals surface area contributed by atoms with Gasteiger partial charge in [0.2, 0.25) is 0 Å². The number of esters is 2. The summed E-state index contributed by atoms with van der Waals surface area (Å²) in [6, 6.07) is 8.83. The number of alkyl halides is 3. The Morgan fingerprint density at radius 2 is 1.81 bits per heavy atom. The predicted molar refractivity (Wildman–Crippen MR) is 130 cm³/mol. The van der Waals surface area contributed by atoms with Crippen LogP contribution >= 0.6 is 11.3 Å². The molecule has 1 N–H and O–H groups in total. The zero-order valence-corrected chi connectivity index (χ0v) is 21.0. The van der Waals surface area contributed by atoms with Crippen molar-refractivity contribution in [1.82, 2.24) is 4.90 Å². The first-order valence-corrected chi connectivity index (χ1v) is 12.1. The van der Waals surface area contributed by atoms with Crippen LogP contribution < -0.4 is 4.74 Å². The summed E-state index contributed by atoms with van der Waals surface area (Å²) in [6.07, 6.45) is 0.847. The van der Waals surface area contributed by atoms with Gasteiger partial charge in [0.25, 0.3) is 0 Å². The van der Waals surface area contributed by atoms with E-state index >= 15 is 0 Å². The molecule has 7 nitrogen and oxygen atoms in total. The van der Waals surface area contributed by atoms with Crippen molar-refractivity contribution in [3.05, 3.63) is 87.3 Å². The van der Waals surface area contributed by atoms with Crippen molar-refractivity contribution in [3.63, 3.8) is 0 Å². The Labute approximate surface area is 216 Å². The number of carbonyl (C=O) groups is 2. The fourth-order valence-electron chi connectivity index (χ4n) is 3.82. The molecule has 37 heavy (non-hydrogen) atoms. The van der Waals surface area contributed by atoms with Crippen molar-refractivity contribution >= 4 is 23.3 Å². The Balaban J connectivity index is 2.17. The average molecular weight is 538 g/mol. The van der Waals surface area contributed by atoms with Crippen LogP contribution in [0.25, 0.3) is 0 Å². The number of hydrogen-bond acceptors (Lipinski definition) is 8. The molecule has 1 aliphatic heterocycles. The Morgan fingerprint density at radius 3 is 2.43 bits per heavy atom. The molecule has 0 saturated heterocycles. The molecule has 1 aliphatic rings. The van der Waals surface area contributed by atoms with E-state index in [1.54, 1.807) is 17.0 Å². The van der Waals surface area contributed by atoms with Crippen LogP contribution in [0.3, 0.4) is 0 Å². The number of aliphatic hydroxyl groups excluding tert-OH is 1. The molecule has 0 spiro atoms. The molecule has 1 aromatic heterocycles. The van der Waals surface area contributed by atoms with E-state index < -0.39 is 24.3 Å². The van der Waals surface area contributed by atoms with Crippen molar-refractivity contribution in [1.29, 1.82) is 0 Å². The van der Waals surface area contributed by atoms with E-state index in [4.69, 9.17) is 9.47 Å². The number of rotatable bonds is 9. The van der Waals surface area contributed by atoms with Gasteiger partial charge in [0, 0.05) is 24.2 Å². The summed E-state index contributed by atoms with van der Waals surface area (Å²) in [5, 5.41) is 11.3. The molecule has 0 aliphatic carbocycles. The second-order valence-corrected chi connectivity index (χ2v) is 8.96. The molecule has 1 aromatic carbocycles. The van der Waals surface area contributed by atoms with Crippen LogP contribution in [-0.4, -0.2) is 49.1 Å². The number of hydrogen-bond donors (Lipinski definition) is 1. The maximum absolute atomic E-state index is 12.8. The van der Waals surface area contributed by atoms with Crippen molar-refractivity contribution in [2.75, 3.05) is 20.8 Å². The zero-order valence-electron chi connectivity index (χ0n) is 20.2. The first kappa shape index (κ1) is 28.0. The molecule has 0 fully saturated rings. The van der Waals surface area contributed by atoms with Gasteiger partial charge in [0.1, 0.15) is 5.75 Å². The van der Waals surface area contributed by atoms with Crippen LogP contribution in [0.5, 0.6) is 5.75 Å². The van der Waals surface area contributed by atoms with Crippen molar-refractivity contribution in [2.24, 2.45) is 0 Å². The topological polar surface area (TPSA) is 85.3 Å². The largest absolute Gasteiger partial charge is 0.573 e. The summed E-state index contributed by atoms with van der Waals surface area (Å²) in [7, 11) is 2.37. The minimum atomic E-state index is -4.85. The lowest BCUT2D eigenvalue weighted by atomic mass is 9.96. The molecule has 3 rings (SSSR count). The number of nitrogens with zero attached hydrogens (tertiary/aromatic N) is 1. The third-order valence-corrected chi connectivity index (χ3v) is 6.35. The minimum Gasteiger partial charge on any atom is -0.465 e. The normalized spacial score (nSPS) is 16.1. The molecular formula is C26H26F3NO6S. The second-order valence-electron chi connectivity index (χ2n) is 7.98. The van der Waals surface area contributed by atoms with Gasteiger partial charge in [-0.1, -0.05) is 24.3 Å². The van der Waals surface area contributed by atoms with E-state index in [0.717, 1.165) is 4.88 Å². The highest BCUT2D eigenvalue weighted by atomic mass is 32.1. The number of benzene rings is 1. The molecule has 0 bridgehead atoms. The highest BCUT2D eigenvalue weighted by Crippen LogP contribution is 2.35. The maximum atomic E-state index is 12.8. The molecule has 2 aromatic rings. The molecule has 1 atom stereocenters. The van der Waals surface area contributed by atoms with Gasteiger partial charge in [-0.15, -0.1) is 24.5 Å². The van der Waals surface area contributed by atoms with Gasteiger partial charge in [0.15, 0.2) is 0 Å². The van der Waals surface area contributed by atoms with Crippen LogP contribution in [0.4, 0.5) is 13.2 Å². The second kappa shape index (κ2) is 12.6. The molecule has 0 saturated carbocycles. The summed E-state index contributed by atoms with van der Waals surface area (Å²) >= 11 is 1.46. The summed E-state index contributed by atoms with van der Waals surface area (Å²) in [4.78, 5) is 28.1. The lowest BCUT2D eigenvalue weighted by Crippen LogP contribution is -2.27. The Hall–Kier alpha value is -3.57. The van der Waals surface area contributed by atoms with Gasteiger partial charge < -0.3 is 24.2 Å². The van der Waals surface area contributed by atoms with E-state index in [1.165, 1.54) is 50.0 Å². The third kappa shape index (κ3) is 7.70. The summed E-state index contributed by atoms with van der Waals surface area (Å²) in [6.45, 7) is -0.0197. The first-order valence-electron chi connectivity index (χ1n) is 11.2. The molecule has 2 heterocycles. The maximum Gasteiger partial charge on any atom is 0.573 e. The van der Waals surface area contributed by atoms with Gasteiger partial charge in [-0.05, 0) is 53.6 Å². The standard InChI is InChI=1S/C26H26F3NO6S/c1-34-24(32)20-13-17(7-4-10-31)14-22(23-9-5-11-37-23)30(16-21(20)25(33)35-2)15-18-6-3-8-19(12-18)36-26(27,28)29/h3,5-6,8-9,11-14,16,22,31H,4,7,10,15H2,1-2H3. The van der Waals surface area contributed by atoms with Crippen LogP contribution in [0.15, 0.2) is 76.8 Å². The quantitative estimate of drug-likeness (QED) is 0.448. The van der Waals surface area contributed by atoms with E-state index in [-0.39, 0.29) is 30.0 Å². The summed E-state index contributed by atoms with van der Waals surface area (Å²) in [5.74, 6) is -1.93. The van der Waals surface area contributed by atoms with E-state index in [9.17, 15) is 27.9 Å². The van der Waals surface area contributed by atoms with Gasteiger partial charge in [-0.3, -0.25) is 0 Å². The van der Waals surface area contributed by atoms with Crippen molar-refractivity contribution < 1.29 is 42.1 Å². The average Bonchev–Trinajstić information content (AvgIpc) is 3.38. The number of carbonyl (C=O) groups excluding carboxylic acids is 2. The Kier molecular flexibility index (Phi) is 9.54. The number of methoxy groups -OCH3 is 2. The van der Waals surface area contributed by atoms with Gasteiger partial charge in [0.05, 0.1) is 31.4 Å². The van der Waals surface area contributed by atoms with E-state index in [2.05, 4.69) is 4.74 Å². The van der Waals surface area contributed by atoms with E-state index in [0.29, 0.717) is 24.0 Å². The van der Waals surface area contributed by atoms with Gasteiger partial charge in [-0.25, -0.2) is 9.59 Å². The summed E-state index contributed by atoms with van der Waals surface area (Å²) in [5.41, 5.74) is 1.02. The van der Waals surface area contributed by atoms with Gasteiger partial charge in [-0.2, -0.15) is 0 Å². The smallest absolute Gasteiger partial charge is 0.465 e. The third-order valence-electron chi connectivity index (χ3n) is 5.41. The molecule has 11 heteroatoms. The molecule has 198 valence electrons. The number of aliphatic hydroxyl groups is 1. The Morgan fingerprint density at radius 1 is 1.08 bits per heavy atom. The molecular weight excluding hydrogens is 511 g/mol. The van der Waals surface area contributed by atoms with Crippen LogP contribution in [0.2, 0.25) is 0 Å². The number of ether oxygens (including phenoxy) is 3. The lowest BCUT2D eigenvalue weighted by Gasteiger charge is -2.31. The SMILES string of the molecule is COC(=O)C1=CC(CCCO)=CC(c2cccs2)N(Cc2cccc(OC(F)(F)F)c2)C=C1C(=O)OC. The fourth-order valence-corrected chi connectivity index (χ4v) is 4.63. The highest BCUT2D eigenvalue weighted by molar-refractivity contribution is 7.10. The van der Waals surface area contributed by atoms with Gasteiger partial charge >= 0.3 is 18.3 Å². The summed E-state index contributed by atoms with van der Waals surface area (Å²) < 4.78 is 52.3.